The number of hydrogen-bond acceptors (Lipinski definition) is 3. The summed E-state index contributed by atoms with van der Waals surface area (Å²) in [5.74, 6) is 0. The Hall–Kier alpha value is -0.380. The van der Waals surface area contributed by atoms with Crippen LogP contribution in [-0.4, -0.2) is 32.1 Å². The van der Waals surface area contributed by atoms with Crippen molar-refractivity contribution < 1.29 is 0 Å². The molecule has 0 aliphatic carbocycles. The molecule has 0 radical (unpaired) electrons. The number of aryl methyl sites for hydroxylation is 1. The van der Waals surface area contributed by atoms with E-state index in [-0.39, 0.29) is 0 Å². The molecule has 0 aliphatic heterocycles. The van der Waals surface area contributed by atoms with Gasteiger partial charge in [0.2, 0.25) is 0 Å². The lowest BCUT2D eigenvalue weighted by Gasteiger charge is -2.23. The standard InChI is InChI=1S/C12H22N2S/c1-5-11-6-7-12(15-11)10(2)14(4)9-8-13-3/h6-7,10,13H,5,8-9H2,1-4H3. The highest BCUT2D eigenvalue weighted by molar-refractivity contribution is 7.12. The SMILES string of the molecule is CCc1ccc(C(C)N(C)CCNC)s1. The number of likely N-dealkylation sites (N-methyl/N-ethyl adjacent to an activating group) is 2. The molecule has 1 unspecified atom stereocenters. The lowest BCUT2D eigenvalue weighted by atomic mass is 10.2. The third-order valence-corrected chi connectivity index (χ3v) is 4.22. The second-order valence-corrected chi connectivity index (χ2v) is 5.12. The number of thiophene rings is 1. The van der Waals surface area contributed by atoms with Crippen LogP contribution in [-0.2, 0) is 6.42 Å². The fraction of sp³-hybridized carbons (Fsp3) is 0.667. The summed E-state index contributed by atoms with van der Waals surface area (Å²) >= 11 is 1.94. The molecule has 0 bridgehead atoms. The topological polar surface area (TPSA) is 15.3 Å². The average molecular weight is 226 g/mol. The van der Waals surface area contributed by atoms with E-state index in [0.29, 0.717) is 6.04 Å². The summed E-state index contributed by atoms with van der Waals surface area (Å²) in [4.78, 5) is 5.35. The van der Waals surface area contributed by atoms with E-state index in [1.165, 1.54) is 9.75 Å². The predicted octanol–water partition coefficient (Wildman–Crippen LogP) is 2.52. The van der Waals surface area contributed by atoms with Gasteiger partial charge in [-0.15, -0.1) is 11.3 Å². The Bertz CT molecular complexity index is 283. The van der Waals surface area contributed by atoms with Crippen LogP contribution in [0.1, 0.15) is 29.6 Å². The van der Waals surface area contributed by atoms with Gasteiger partial charge in [0.05, 0.1) is 0 Å². The van der Waals surface area contributed by atoms with Gasteiger partial charge in [0, 0.05) is 28.9 Å². The van der Waals surface area contributed by atoms with Gasteiger partial charge in [-0.05, 0) is 39.6 Å². The Labute approximate surface area is 97.3 Å². The zero-order valence-electron chi connectivity index (χ0n) is 10.2. The molecule has 0 aromatic carbocycles. The van der Waals surface area contributed by atoms with Crippen molar-refractivity contribution >= 4 is 11.3 Å². The molecule has 1 aromatic rings. The Balaban J connectivity index is 2.54. The van der Waals surface area contributed by atoms with Crippen molar-refractivity contribution in [2.24, 2.45) is 0 Å². The first-order chi connectivity index (χ1) is 7.19. The number of nitrogens with zero attached hydrogens (tertiary/aromatic N) is 1. The van der Waals surface area contributed by atoms with Crippen LogP contribution in [0.4, 0.5) is 0 Å². The molecule has 86 valence electrons. The Morgan fingerprint density at radius 3 is 2.73 bits per heavy atom. The summed E-state index contributed by atoms with van der Waals surface area (Å²) < 4.78 is 0. The number of hydrogen-bond donors (Lipinski definition) is 1. The summed E-state index contributed by atoms with van der Waals surface area (Å²) in [6.07, 6.45) is 1.15. The third kappa shape index (κ3) is 3.59. The molecule has 1 aromatic heterocycles. The lowest BCUT2D eigenvalue weighted by Crippen LogP contribution is -2.29. The van der Waals surface area contributed by atoms with Gasteiger partial charge in [-0.3, -0.25) is 4.90 Å². The molecule has 0 fully saturated rings. The van der Waals surface area contributed by atoms with Gasteiger partial charge in [0.15, 0.2) is 0 Å². The highest BCUT2D eigenvalue weighted by Gasteiger charge is 2.12. The van der Waals surface area contributed by atoms with Crippen LogP contribution in [0.3, 0.4) is 0 Å². The van der Waals surface area contributed by atoms with Gasteiger partial charge >= 0.3 is 0 Å². The maximum absolute atomic E-state index is 3.18. The van der Waals surface area contributed by atoms with Crippen LogP contribution in [0.5, 0.6) is 0 Å². The second kappa shape index (κ2) is 6.26. The molecule has 0 amide bonds. The second-order valence-electron chi connectivity index (χ2n) is 3.92. The fourth-order valence-electron chi connectivity index (χ4n) is 1.51. The van der Waals surface area contributed by atoms with Crippen molar-refractivity contribution in [1.82, 2.24) is 10.2 Å². The van der Waals surface area contributed by atoms with Crippen molar-refractivity contribution in [2.75, 3.05) is 27.2 Å². The van der Waals surface area contributed by atoms with E-state index in [2.05, 4.69) is 43.2 Å². The van der Waals surface area contributed by atoms with Gasteiger partial charge in [-0.25, -0.2) is 0 Å². The zero-order valence-corrected chi connectivity index (χ0v) is 11.0. The summed E-state index contributed by atoms with van der Waals surface area (Å²) in [6.45, 7) is 6.63. The molecule has 1 rings (SSSR count). The first-order valence-corrected chi connectivity index (χ1v) is 6.44. The molecule has 0 aliphatic rings. The molecular formula is C12H22N2S. The van der Waals surface area contributed by atoms with Crippen LogP contribution in [0.2, 0.25) is 0 Å². The molecule has 3 heteroatoms. The fourth-order valence-corrected chi connectivity index (χ4v) is 2.58. The van der Waals surface area contributed by atoms with E-state index in [9.17, 15) is 0 Å². The van der Waals surface area contributed by atoms with E-state index >= 15 is 0 Å². The molecule has 2 nitrogen and oxygen atoms in total. The quantitative estimate of drug-likeness (QED) is 0.802. The molecule has 1 N–H and O–H groups in total. The Morgan fingerprint density at radius 2 is 2.20 bits per heavy atom. The monoisotopic (exact) mass is 226 g/mol. The number of nitrogens with one attached hydrogen (secondary N) is 1. The highest BCUT2D eigenvalue weighted by Crippen LogP contribution is 2.26. The minimum atomic E-state index is 0.531. The first-order valence-electron chi connectivity index (χ1n) is 5.62. The Kier molecular flexibility index (Phi) is 5.29. The van der Waals surface area contributed by atoms with E-state index in [0.717, 1.165) is 19.5 Å². The van der Waals surface area contributed by atoms with Gasteiger partial charge in [0.25, 0.3) is 0 Å². The van der Waals surface area contributed by atoms with Gasteiger partial charge < -0.3 is 5.32 Å². The molecule has 0 saturated carbocycles. The van der Waals surface area contributed by atoms with Crippen LogP contribution in [0.25, 0.3) is 0 Å². The molecule has 0 saturated heterocycles. The summed E-state index contributed by atoms with van der Waals surface area (Å²) in [6, 6.07) is 5.05. The largest absolute Gasteiger partial charge is 0.318 e. The Morgan fingerprint density at radius 1 is 1.47 bits per heavy atom. The summed E-state index contributed by atoms with van der Waals surface area (Å²) in [7, 11) is 4.19. The summed E-state index contributed by atoms with van der Waals surface area (Å²) in [5, 5.41) is 3.18. The average Bonchev–Trinajstić information content (AvgIpc) is 2.73. The van der Waals surface area contributed by atoms with Crippen LogP contribution >= 0.6 is 11.3 Å². The number of rotatable bonds is 6. The predicted molar refractivity (Wildman–Crippen MR) is 68.7 cm³/mol. The van der Waals surface area contributed by atoms with E-state index < -0.39 is 0 Å². The van der Waals surface area contributed by atoms with E-state index in [4.69, 9.17) is 0 Å². The van der Waals surface area contributed by atoms with Crippen molar-refractivity contribution in [3.05, 3.63) is 21.9 Å². The summed E-state index contributed by atoms with van der Waals surface area (Å²) in [5.41, 5.74) is 0. The molecular weight excluding hydrogens is 204 g/mol. The molecule has 1 heterocycles. The van der Waals surface area contributed by atoms with Crippen LogP contribution < -0.4 is 5.32 Å². The van der Waals surface area contributed by atoms with Crippen LogP contribution in [0, 0.1) is 0 Å². The van der Waals surface area contributed by atoms with Crippen molar-refractivity contribution in [3.8, 4) is 0 Å². The van der Waals surface area contributed by atoms with Gasteiger partial charge in [-0.2, -0.15) is 0 Å². The minimum Gasteiger partial charge on any atom is -0.318 e. The third-order valence-electron chi connectivity index (χ3n) is 2.82. The zero-order chi connectivity index (χ0) is 11.3. The van der Waals surface area contributed by atoms with Crippen molar-refractivity contribution in [2.45, 2.75) is 26.3 Å². The maximum Gasteiger partial charge on any atom is 0.0410 e. The van der Waals surface area contributed by atoms with Gasteiger partial charge in [-0.1, -0.05) is 6.92 Å². The maximum atomic E-state index is 3.18. The van der Waals surface area contributed by atoms with Gasteiger partial charge in [0.1, 0.15) is 0 Å². The molecule has 1 atom stereocenters. The minimum absolute atomic E-state index is 0.531. The van der Waals surface area contributed by atoms with E-state index in [1.54, 1.807) is 0 Å². The van der Waals surface area contributed by atoms with Crippen molar-refractivity contribution in [1.29, 1.82) is 0 Å². The lowest BCUT2D eigenvalue weighted by molar-refractivity contribution is 0.267. The van der Waals surface area contributed by atoms with E-state index in [1.807, 2.05) is 18.4 Å². The molecule has 0 spiro atoms. The first kappa shape index (κ1) is 12.7. The van der Waals surface area contributed by atoms with Crippen molar-refractivity contribution in [3.63, 3.8) is 0 Å². The smallest absolute Gasteiger partial charge is 0.0410 e. The highest BCUT2D eigenvalue weighted by atomic mass is 32.1. The molecule has 15 heavy (non-hydrogen) atoms. The van der Waals surface area contributed by atoms with Crippen LogP contribution in [0.15, 0.2) is 12.1 Å². The normalized spacial score (nSPS) is 13.4.